The molecule has 4 heteroatoms. The maximum atomic E-state index is 11.3. The highest BCUT2D eigenvalue weighted by Gasteiger charge is 2.30. The molecule has 1 aliphatic rings. The Kier molecular flexibility index (Phi) is 1.94. The minimum Gasteiger partial charge on any atom is -0.316 e. The SMILES string of the molecule is CCN1CCOP1(C)=O. The number of likely N-dealkylation sites (N-methyl/N-ethyl adjacent to an activating group) is 1. The van der Waals surface area contributed by atoms with Crippen LogP contribution >= 0.6 is 7.52 Å². The average Bonchev–Trinajstić information content (AvgIpc) is 2.08. The quantitative estimate of drug-likeness (QED) is 0.524. The van der Waals surface area contributed by atoms with E-state index in [9.17, 15) is 4.57 Å². The predicted molar refractivity (Wildman–Crippen MR) is 36.7 cm³/mol. The molecule has 1 aliphatic heterocycles. The van der Waals surface area contributed by atoms with Crippen LogP contribution in [0, 0.1) is 0 Å². The summed E-state index contributed by atoms with van der Waals surface area (Å²) in [6.45, 7) is 5.94. The summed E-state index contributed by atoms with van der Waals surface area (Å²) in [7, 11) is -2.32. The predicted octanol–water partition coefficient (Wildman–Crippen LogP) is 1.16. The Bertz CT molecular complexity index is 148. The zero-order chi connectivity index (χ0) is 6.91. The molecule has 54 valence electrons. The van der Waals surface area contributed by atoms with E-state index in [-0.39, 0.29) is 0 Å². The van der Waals surface area contributed by atoms with Crippen molar-refractivity contribution >= 4 is 7.52 Å². The smallest absolute Gasteiger partial charge is 0.269 e. The third-order valence-electron chi connectivity index (χ3n) is 1.56. The van der Waals surface area contributed by atoms with Crippen molar-refractivity contribution in [1.29, 1.82) is 0 Å². The summed E-state index contributed by atoms with van der Waals surface area (Å²) >= 11 is 0. The van der Waals surface area contributed by atoms with E-state index in [2.05, 4.69) is 0 Å². The summed E-state index contributed by atoms with van der Waals surface area (Å²) in [5.74, 6) is 0. The number of rotatable bonds is 1. The van der Waals surface area contributed by atoms with Crippen molar-refractivity contribution in [3.05, 3.63) is 0 Å². The van der Waals surface area contributed by atoms with Crippen LogP contribution in [0.1, 0.15) is 6.92 Å². The molecular weight excluding hydrogens is 137 g/mol. The largest absolute Gasteiger partial charge is 0.316 e. The lowest BCUT2D eigenvalue weighted by atomic mass is 10.6. The third kappa shape index (κ3) is 1.34. The first kappa shape index (κ1) is 7.26. The molecule has 0 radical (unpaired) electrons. The van der Waals surface area contributed by atoms with Crippen LogP contribution in [0.15, 0.2) is 0 Å². The molecule has 1 atom stereocenters. The molecule has 0 aromatic carbocycles. The van der Waals surface area contributed by atoms with Gasteiger partial charge in [0.15, 0.2) is 0 Å². The van der Waals surface area contributed by atoms with E-state index in [4.69, 9.17) is 4.52 Å². The van der Waals surface area contributed by atoms with Gasteiger partial charge in [0.05, 0.1) is 6.61 Å². The normalized spacial score (nSPS) is 37.6. The van der Waals surface area contributed by atoms with E-state index in [0.29, 0.717) is 6.61 Å². The minimum atomic E-state index is -2.32. The molecule has 9 heavy (non-hydrogen) atoms. The van der Waals surface area contributed by atoms with Crippen LogP contribution in [-0.4, -0.2) is 31.0 Å². The second kappa shape index (κ2) is 2.41. The first-order valence-corrected chi connectivity index (χ1v) is 5.17. The third-order valence-corrected chi connectivity index (χ3v) is 3.73. The van der Waals surface area contributed by atoms with E-state index < -0.39 is 7.52 Å². The molecule has 1 heterocycles. The van der Waals surface area contributed by atoms with Gasteiger partial charge in [-0.1, -0.05) is 6.92 Å². The maximum absolute atomic E-state index is 11.3. The van der Waals surface area contributed by atoms with E-state index in [1.54, 1.807) is 6.66 Å². The zero-order valence-corrected chi connectivity index (χ0v) is 6.73. The molecule has 0 aromatic rings. The summed E-state index contributed by atoms with van der Waals surface area (Å²) < 4.78 is 18.2. The van der Waals surface area contributed by atoms with Gasteiger partial charge in [-0.3, -0.25) is 4.57 Å². The summed E-state index contributed by atoms with van der Waals surface area (Å²) in [4.78, 5) is 0. The highest BCUT2D eigenvalue weighted by atomic mass is 31.2. The van der Waals surface area contributed by atoms with Crippen molar-refractivity contribution in [2.75, 3.05) is 26.4 Å². The monoisotopic (exact) mass is 149 g/mol. The van der Waals surface area contributed by atoms with Crippen molar-refractivity contribution < 1.29 is 9.09 Å². The fourth-order valence-corrected chi connectivity index (χ4v) is 2.54. The van der Waals surface area contributed by atoms with Crippen LogP contribution in [0.25, 0.3) is 0 Å². The molecule has 0 N–H and O–H groups in total. The van der Waals surface area contributed by atoms with Crippen molar-refractivity contribution in [3.63, 3.8) is 0 Å². The molecule has 1 rings (SSSR count). The van der Waals surface area contributed by atoms with Gasteiger partial charge >= 0.3 is 0 Å². The first-order valence-electron chi connectivity index (χ1n) is 3.14. The Morgan fingerprint density at radius 1 is 1.78 bits per heavy atom. The van der Waals surface area contributed by atoms with Crippen LogP contribution in [0.3, 0.4) is 0 Å². The highest BCUT2D eigenvalue weighted by molar-refractivity contribution is 7.55. The molecule has 0 saturated carbocycles. The Labute approximate surface area is 55.5 Å². The first-order chi connectivity index (χ1) is 4.17. The molecular formula is C5H12NO2P. The molecule has 0 aliphatic carbocycles. The van der Waals surface area contributed by atoms with Gasteiger partial charge in [0.1, 0.15) is 0 Å². The van der Waals surface area contributed by atoms with E-state index in [0.717, 1.165) is 13.1 Å². The number of hydrogen-bond acceptors (Lipinski definition) is 2. The Balaban J connectivity index is 2.63. The number of hydrogen-bond donors (Lipinski definition) is 0. The van der Waals surface area contributed by atoms with Gasteiger partial charge in [-0.2, -0.15) is 0 Å². The lowest BCUT2D eigenvalue weighted by molar-refractivity contribution is 0.362. The second-order valence-electron chi connectivity index (χ2n) is 2.18. The van der Waals surface area contributed by atoms with E-state index in [1.807, 2.05) is 11.6 Å². The van der Waals surface area contributed by atoms with Crippen molar-refractivity contribution in [2.24, 2.45) is 0 Å². The Morgan fingerprint density at radius 3 is 2.67 bits per heavy atom. The van der Waals surface area contributed by atoms with Crippen LogP contribution in [-0.2, 0) is 9.09 Å². The summed E-state index contributed by atoms with van der Waals surface area (Å²) in [5, 5.41) is 0. The standard InChI is InChI=1S/C5H12NO2P/c1-3-6-4-5-8-9(6,2)7/h3-5H2,1-2H3. The lowest BCUT2D eigenvalue weighted by Crippen LogP contribution is -2.14. The molecule has 1 saturated heterocycles. The summed E-state index contributed by atoms with van der Waals surface area (Å²) in [5.41, 5.74) is 0. The fourth-order valence-electron chi connectivity index (χ4n) is 0.994. The zero-order valence-electron chi connectivity index (χ0n) is 5.83. The van der Waals surface area contributed by atoms with Gasteiger partial charge in [0, 0.05) is 19.8 Å². The maximum Gasteiger partial charge on any atom is 0.269 e. The van der Waals surface area contributed by atoms with Crippen LogP contribution < -0.4 is 0 Å². The minimum absolute atomic E-state index is 0.627. The van der Waals surface area contributed by atoms with Gasteiger partial charge in [-0.05, 0) is 0 Å². The van der Waals surface area contributed by atoms with Crippen molar-refractivity contribution in [2.45, 2.75) is 6.92 Å². The molecule has 1 unspecified atom stereocenters. The van der Waals surface area contributed by atoms with E-state index in [1.165, 1.54) is 0 Å². The van der Waals surface area contributed by atoms with Gasteiger partial charge in [0.25, 0.3) is 7.52 Å². The number of nitrogens with zero attached hydrogens (tertiary/aromatic N) is 1. The van der Waals surface area contributed by atoms with Gasteiger partial charge in [-0.25, -0.2) is 4.67 Å². The van der Waals surface area contributed by atoms with E-state index >= 15 is 0 Å². The van der Waals surface area contributed by atoms with Crippen molar-refractivity contribution in [1.82, 2.24) is 4.67 Å². The molecule has 0 bridgehead atoms. The average molecular weight is 149 g/mol. The van der Waals surface area contributed by atoms with Crippen molar-refractivity contribution in [3.8, 4) is 0 Å². The highest BCUT2D eigenvalue weighted by Crippen LogP contribution is 2.50. The fraction of sp³-hybridized carbons (Fsp3) is 1.00. The van der Waals surface area contributed by atoms with Crippen LogP contribution in [0.2, 0.25) is 0 Å². The Morgan fingerprint density at radius 2 is 2.44 bits per heavy atom. The van der Waals surface area contributed by atoms with Crippen LogP contribution in [0.5, 0.6) is 0 Å². The van der Waals surface area contributed by atoms with Gasteiger partial charge in [-0.15, -0.1) is 0 Å². The molecule has 0 aromatic heterocycles. The van der Waals surface area contributed by atoms with Gasteiger partial charge in [0.2, 0.25) is 0 Å². The lowest BCUT2D eigenvalue weighted by Gasteiger charge is -2.15. The van der Waals surface area contributed by atoms with Crippen LogP contribution in [0.4, 0.5) is 0 Å². The molecule has 1 fully saturated rings. The molecule has 0 spiro atoms. The summed E-state index contributed by atoms with van der Waals surface area (Å²) in [6.07, 6.45) is 0. The van der Waals surface area contributed by atoms with Gasteiger partial charge < -0.3 is 4.52 Å². The topological polar surface area (TPSA) is 29.5 Å². The Hall–Kier alpha value is 0.150. The molecule has 0 amide bonds. The molecule has 3 nitrogen and oxygen atoms in total. The second-order valence-corrected chi connectivity index (χ2v) is 4.61. The summed E-state index contributed by atoms with van der Waals surface area (Å²) in [6, 6.07) is 0.